The molecule has 1 saturated heterocycles. The first kappa shape index (κ1) is 13.2. The predicted molar refractivity (Wildman–Crippen MR) is 92.3 cm³/mol. The zero-order valence-electron chi connectivity index (χ0n) is 11.4. The molecule has 0 amide bonds. The summed E-state index contributed by atoms with van der Waals surface area (Å²) in [4.78, 5) is 12.4. The predicted octanol–water partition coefficient (Wildman–Crippen LogP) is 4.19. The van der Waals surface area contributed by atoms with E-state index in [1.54, 1.807) is 17.7 Å². The maximum Gasteiger partial charge on any atom is 0.141 e. The topological polar surface area (TPSA) is 29.0 Å². The summed E-state index contributed by atoms with van der Waals surface area (Å²) in [6, 6.07) is 10.5. The highest BCUT2D eigenvalue weighted by molar-refractivity contribution is 9.09. The van der Waals surface area contributed by atoms with Crippen molar-refractivity contribution < 1.29 is 0 Å². The number of alkyl halides is 1. The first-order valence-electron chi connectivity index (χ1n) is 6.95. The van der Waals surface area contributed by atoms with Crippen molar-refractivity contribution in [3.63, 3.8) is 0 Å². The molecule has 5 heteroatoms. The summed E-state index contributed by atoms with van der Waals surface area (Å²) in [6.45, 7) is 2.14. The van der Waals surface area contributed by atoms with E-state index < -0.39 is 0 Å². The molecule has 0 atom stereocenters. The molecule has 3 aromatic rings. The zero-order valence-corrected chi connectivity index (χ0v) is 13.8. The number of hydrogen-bond donors (Lipinski definition) is 0. The summed E-state index contributed by atoms with van der Waals surface area (Å²) in [5, 5.41) is 4.45. The van der Waals surface area contributed by atoms with Gasteiger partial charge in [0.05, 0.1) is 5.39 Å². The quantitative estimate of drug-likeness (QED) is 0.656. The average Bonchev–Trinajstić information content (AvgIpc) is 2.92. The van der Waals surface area contributed by atoms with E-state index in [0.29, 0.717) is 0 Å². The highest BCUT2D eigenvalue weighted by Gasteiger charge is 2.29. The van der Waals surface area contributed by atoms with Gasteiger partial charge in [0.1, 0.15) is 17.0 Å². The molecule has 0 unspecified atom stereocenters. The molecule has 0 spiro atoms. The minimum absolute atomic E-state index is 0.730. The lowest BCUT2D eigenvalue weighted by molar-refractivity contribution is 0.454. The standard InChI is InChI=1S/C16H14BrN3S/c17-6-11-7-20(8-11)15-14-13(12-4-2-1-3-5-12)9-21-16(14)19-10-18-15/h1-5,9-11H,6-8H2. The monoisotopic (exact) mass is 359 g/mol. The van der Waals surface area contributed by atoms with E-state index in [1.165, 1.54) is 16.5 Å². The molecule has 1 aliphatic rings. The lowest BCUT2D eigenvalue weighted by atomic mass is 10.0. The van der Waals surface area contributed by atoms with Crippen molar-refractivity contribution in [2.45, 2.75) is 0 Å². The summed E-state index contributed by atoms with van der Waals surface area (Å²) in [6.07, 6.45) is 1.68. The Bertz CT molecular complexity index is 766. The van der Waals surface area contributed by atoms with Gasteiger partial charge in [0.2, 0.25) is 0 Å². The van der Waals surface area contributed by atoms with E-state index in [-0.39, 0.29) is 0 Å². The van der Waals surface area contributed by atoms with Crippen LogP contribution in [0.1, 0.15) is 0 Å². The first-order chi connectivity index (χ1) is 10.4. The van der Waals surface area contributed by atoms with Crippen LogP contribution < -0.4 is 4.90 Å². The summed E-state index contributed by atoms with van der Waals surface area (Å²) in [5.74, 6) is 1.81. The zero-order chi connectivity index (χ0) is 14.2. The van der Waals surface area contributed by atoms with E-state index in [2.05, 4.69) is 60.4 Å². The molecule has 0 aliphatic carbocycles. The lowest BCUT2D eigenvalue weighted by Gasteiger charge is -2.39. The second kappa shape index (κ2) is 5.39. The largest absolute Gasteiger partial charge is 0.355 e. The Balaban J connectivity index is 1.83. The number of aromatic nitrogens is 2. The Labute approximate surface area is 135 Å². The molecular weight excluding hydrogens is 346 g/mol. The van der Waals surface area contributed by atoms with Crippen LogP contribution in [0.2, 0.25) is 0 Å². The normalized spacial score (nSPS) is 15.4. The maximum absolute atomic E-state index is 4.56. The Morgan fingerprint density at radius 1 is 1.19 bits per heavy atom. The fourth-order valence-corrected chi connectivity index (χ4v) is 4.09. The fraction of sp³-hybridized carbons (Fsp3) is 0.250. The van der Waals surface area contributed by atoms with Crippen LogP contribution in [0.4, 0.5) is 5.82 Å². The van der Waals surface area contributed by atoms with Gasteiger partial charge in [-0.25, -0.2) is 9.97 Å². The molecule has 1 aromatic carbocycles. The molecule has 3 heterocycles. The average molecular weight is 360 g/mol. The van der Waals surface area contributed by atoms with E-state index in [4.69, 9.17) is 0 Å². The molecule has 0 N–H and O–H groups in total. The number of thiophene rings is 1. The van der Waals surface area contributed by atoms with Crippen molar-refractivity contribution in [2.75, 3.05) is 23.3 Å². The summed E-state index contributed by atoms with van der Waals surface area (Å²) in [7, 11) is 0. The second-order valence-electron chi connectivity index (χ2n) is 5.32. The van der Waals surface area contributed by atoms with Crippen LogP contribution in [0.15, 0.2) is 42.0 Å². The fourth-order valence-electron chi connectivity index (χ4n) is 2.77. The van der Waals surface area contributed by atoms with Crippen LogP contribution in [0.3, 0.4) is 0 Å². The van der Waals surface area contributed by atoms with Crippen LogP contribution in [0.5, 0.6) is 0 Å². The molecule has 1 aliphatic heterocycles. The van der Waals surface area contributed by atoms with Crippen LogP contribution in [0, 0.1) is 5.92 Å². The van der Waals surface area contributed by atoms with E-state index >= 15 is 0 Å². The Kier molecular flexibility index (Phi) is 3.39. The number of fused-ring (bicyclic) bond motifs is 1. The minimum atomic E-state index is 0.730. The smallest absolute Gasteiger partial charge is 0.141 e. The molecule has 21 heavy (non-hydrogen) atoms. The number of hydrogen-bond acceptors (Lipinski definition) is 4. The van der Waals surface area contributed by atoms with Gasteiger partial charge in [-0.1, -0.05) is 46.3 Å². The molecule has 0 bridgehead atoms. The van der Waals surface area contributed by atoms with Gasteiger partial charge in [-0.15, -0.1) is 11.3 Å². The van der Waals surface area contributed by atoms with Crippen LogP contribution in [-0.2, 0) is 0 Å². The third-order valence-electron chi connectivity index (χ3n) is 3.91. The van der Waals surface area contributed by atoms with Gasteiger partial charge in [0, 0.05) is 35.3 Å². The van der Waals surface area contributed by atoms with Crippen LogP contribution in [0.25, 0.3) is 21.3 Å². The van der Waals surface area contributed by atoms with Crippen LogP contribution in [-0.4, -0.2) is 28.4 Å². The number of nitrogens with zero attached hydrogens (tertiary/aromatic N) is 3. The molecule has 3 nitrogen and oxygen atoms in total. The number of benzene rings is 1. The molecule has 0 saturated carbocycles. The Morgan fingerprint density at radius 2 is 2.00 bits per heavy atom. The van der Waals surface area contributed by atoms with Crippen molar-refractivity contribution >= 4 is 43.3 Å². The van der Waals surface area contributed by atoms with E-state index in [1.807, 2.05) is 6.07 Å². The van der Waals surface area contributed by atoms with Gasteiger partial charge in [0.25, 0.3) is 0 Å². The van der Waals surface area contributed by atoms with Gasteiger partial charge in [0.15, 0.2) is 0 Å². The van der Waals surface area contributed by atoms with Gasteiger partial charge < -0.3 is 4.90 Å². The SMILES string of the molecule is BrCC1CN(c2ncnc3scc(-c4ccccc4)c23)C1. The number of anilines is 1. The van der Waals surface area contributed by atoms with Crippen molar-refractivity contribution in [1.82, 2.24) is 9.97 Å². The summed E-state index contributed by atoms with van der Waals surface area (Å²) in [5.41, 5.74) is 2.48. The lowest BCUT2D eigenvalue weighted by Crippen LogP contribution is -2.48. The van der Waals surface area contributed by atoms with Crippen molar-refractivity contribution in [1.29, 1.82) is 0 Å². The second-order valence-corrected chi connectivity index (χ2v) is 6.82. The molecule has 1 fully saturated rings. The van der Waals surface area contributed by atoms with Gasteiger partial charge in [-0.2, -0.15) is 0 Å². The van der Waals surface area contributed by atoms with Crippen molar-refractivity contribution in [3.8, 4) is 11.1 Å². The van der Waals surface area contributed by atoms with E-state index in [0.717, 1.165) is 35.0 Å². The van der Waals surface area contributed by atoms with Crippen molar-refractivity contribution in [2.24, 2.45) is 5.92 Å². The number of rotatable bonds is 3. The maximum atomic E-state index is 4.56. The van der Waals surface area contributed by atoms with Gasteiger partial charge >= 0.3 is 0 Å². The molecule has 4 rings (SSSR count). The van der Waals surface area contributed by atoms with Crippen molar-refractivity contribution in [3.05, 3.63) is 42.0 Å². The minimum Gasteiger partial charge on any atom is -0.355 e. The molecule has 0 radical (unpaired) electrons. The van der Waals surface area contributed by atoms with Gasteiger partial charge in [-0.05, 0) is 5.56 Å². The third kappa shape index (κ3) is 2.24. The molecule has 106 valence electrons. The molecule has 2 aromatic heterocycles. The highest BCUT2D eigenvalue weighted by Crippen LogP contribution is 2.39. The summed E-state index contributed by atoms with van der Waals surface area (Å²) < 4.78 is 0. The van der Waals surface area contributed by atoms with E-state index in [9.17, 15) is 0 Å². The van der Waals surface area contributed by atoms with Gasteiger partial charge in [-0.3, -0.25) is 0 Å². The van der Waals surface area contributed by atoms with Crippen LogP contribution >= 0.6 is 27.3 Å². The third-order valence-corrected chi connectivity index (χ3v) is 5.71. The number of halogens is 1. The Hall–Kier alpha value is -1.46. The highest BCUT2D eigenvalue weighted by atomic mass is 79.9. The Morgan fingerprint density at radius 3 is 2.76 bits per heavy atom. The summed E-state index contributed by atoms with van der Waals surface area (Å²) >= 11 is 5.26. The molecular formula is C16H14BrN3S. The first-order valence-corrected chi connectivity index (χ1v) is 8.95.